The van der Waals surface area contributed by atoms with E-state index in [4.69, 9.17) is 17.3 Å². The van der Waals surface area contributed by atoms with E-state index in [1.165, 1.54) is 12.1 Å². The van der Waals surface area contributed by atoms with Crippen LogP contribution < -0.4 is 5.73 Å². The van der Waals surface area contributed by atoms with Crippen LogP contribution in [0.4, 0.5) is 8.78 Å². The van der Waals surface area contributed by atoms with Crippen LogP contribution in [-0.2, 0) is 5.41 Å². The van der Waals surface area contributed by atoms with Crippen molar-refractivity contribution in [2.24, 2.45) is 5.73 Å². The molecule has 2 N–H and O–H groups in total. The highest BCUT2D eigenvalue weighted by Crippen LogP contribution is 2.50. The summed E-state index contributed by atoms with van der Waals surface area (Å²) in [6.45, 7) is 3.52. The van der Waals surface area contributed by atoms with Gasteiger partial charge in [-0.2, -0.15) is 0 Å². The fourth-order valence-corrected chi connectivity index (χ4v) is 2.27. The largest absolute Gasteiger partial charge is 0.324 e. The van der Waals surface area contributed by atoms with Crippen LogP contribution in [0, 0.1) is 11.6 Å². The zero-order valence-corrected chi connectivity index (χ0v) is 10.0. The Balaban J connectivity index is 2.59. The lowest BCUT2D eigenvalue weighted by molar-refractivity contribution is 0.356. The molecule has 1 fully saturated rings. The molecule has 2 rings (SSSR count). The first-order chi connectivity index (χ1) is 7.29. The third kappa shape index (κ3) is 1.54. The van der Waals surface area contributed by atoms with Gasteiger partial charge in [0.15, 0.2) is 0 Å². The molecule has 0 spiro atoms. The highest BCUT2D eigenvalue weighted by atomic mass is 35.5. The van der Waals surface area contributed by atoms with Crippen LogP contribution in [0.1, 0.15) is 32.3 Å². The monoisotopic (exact) mass is 245 g/mol. The first-order valence-corrected chi connectivity index (χ1v) is 5.60. The summed E-state index contributed by atoms with van der Waals surface area (Å²) >= 11 is 5.68. The fraction of sp³-hybridized carbons (Fsp3) is 0.500. The third-order valence-electron chi connectivity index (χ3n) is 3.70. The molecule has 1 saturated carbocycles. The summed E-state index contributed by atoms with van der Waals surface area (Å²) < 4.78 is 27.6. The molecule has 0 aromatic heterocycles. The van der Waals surface area contributed by atoms with E-state index in [1.807, 2.05) is 0 Å². The second kappa shape index (κ2) is 3.41. The number of nitrogens with two attached hydrogens (primary N) is 1. The van der Waals surface area contributed by atoms with E-state index in [-0.39, 0.29) is 10.6 Å². The average molecular weight is 246 g/mol. The van der Waals surface area contributed by atoms with Gasteiger partial charge in [-0.1, -0.05) is 25.4 Å². The van der Waals surface area contributed by atoms with Gasteiger partial charge in [0, 0.05) is 16.5 Å². The van der Waals surface area contributed by atoms with Crippen LogP contribution in [0.15, 0.2) is 12.1 Å². The lowest BCUT2D eigenvalue weighted by atomic mass is 9.75. The van der Waals surface area contributed by atoms with Crippen molar-refractivity contribution in [2.45, 2.75) is 37.6 Å². The molecule has 88 valence electrons. The summed E-state index contributed by atoms with van der Waals surface area (Å²) in [5.41, 5.74) is 4.81. The second-order valence-corrected chi connectivity index (χ2v) is 5.41. The molecule has 1 nitrogen and oxygen atoms in total. The van der Waals surface area contributed by atoms with Crippen molar-refractivity contribution < 1.29 is 8.78 Å². The second-order valence-electron chi connectivity index (χ2n) is 5.00. The van der Waals surface area contributed by atoms with E-state index < -0.39 is 22.6 Å². The molecule has 0 unspecified atom stereocenters. The van der Waals surface area contributed by atoms with Crippen molar-refractivity contribution in [2.75, 3.05) is 0 Å². The van der Waals surface area contributed by atoms with Gasteiger partial charge in [0.1, 0.15) is 11.6 Å². The van der Waals surface area contributed by atoms with Crippen molar-refractivity contribution in [1.82, 2.24) is 0 Å². The maximum Gasteiger partial charge on any atom is 0.148 e. The minimum atomic E-state index is -0.744. The molecule has 0 atom stereocenters. The molecule has 0 bridgehead atoms. The molecule has 1 aromatic carbocycles. The Labute approximate surface area is 98.6 Å². The number of halogens is 3. The van der Waals surface area contributed by atoms with Gasteiger partial charge in [-0.25, -0.2) is 8.78 Å². The summed E-state index contributed by atoms with van der Waals surface area (Å²) in [4.78, 5) is 0. The van der Waals surface area contributed by atoms with E-state index in [2.05, 4.69) is 0 Å². The van der Waals surface area contributed by atoms with E-state index in [0.717, 1.165) is 12.8 Å². The van der Waals surface area contributed by atoms with Gasteiger partial charge < -0.3 is 5.73 Å². The molecule has 0 heterocycles. The van der Waals surface area contributed by atoms with Crippen molar-refractivity contribution in [1.29, 1.82) is 0 Å². The Morgan fingerprint density at radius 2 is 1.88 bits per heavy atom. The Kier molecular flexibility index (Phi) is 2.52. The van der Waals surface area contributed by atoms with Gasteiger partial charge in [-0.05, 0) is 25.0 Å². The first-order valence-electron chi connectivity index (χ1n) is 5.22. The molecule has 4 heteroatoms. The van der Waals surface area contributed by atoms with Crippen LogP contribution in [0.2, 0.25) is 5.02 Å². The Bertz CT molecular complexity index is 439. The van der Waals surface area contributed by atoms with Crippen molar-refractivity contribution >= 4 is 11.6 Å². The minimum absolute atomic E-state index is 0.000000000000000444. The van der Waals surface area contributed by atoms with Crippen LogP contribution >= 0.6 is 11.6 Å². The highest BCUT2D eigenvalue weighted by Gasteiger charge is 2.53. The summed E-state index contributed by atoms with van der Waals surface area (Å²) in [5, 5.41) is -0.0614. The molecule has 0 aliphatic heterocycles. The Hall–Kier alpha value is -0.670. The van der Waals surface area contributed by atoms with Crippen LogP contribution in [0.5, 0.6) is 0 Å². The molecule has 0 amide bonds. The lowest BCUT2D eigenvalue weighted by Gasteiger charge is -2.33. The third-order valence-corrected chi connectivity index (χ3v) is 3.99. The molecule has 1 aliphatic rings. The van der Waals surface area contributed by atoms with Crippen LogP contribution in [0.25, 0.3) is 0 Å². The molecular formula is C12H14ClF2N. The fourth-order valence-electron chi connectivity index (χ4n) is 2.11. The van der Waals surface area contributed by atoms with Crippen LogP contribution in [-0.4, -0.2) is 5.54 Å². The van der Waals surface area contributed by atoms with Crippen molar-refractivity contribution in [3.63, 3.8) is 0 Å². The van der Waals surface area contributed by atoms with Gasteiger partial charge in [0.25, 0.3) is 0 Å². The van der Waals surface area contributed by atoms with E-state index in [0.29, 0.717) is 0 Å². The molecule has 0 saturated heterocycles. The number of hydrogen-bond donors (Lipinski definition) is 1. The zero-order chi connectivity index (χ0) is 12.1. The topological polar surface area (TPSA) is 26.0 Å². The number of hydrogen-bond acceptors (Lipinski definition) is 1. The predicted octanol–water partition coefficient (Wildman–Crippen LogP) is 3.39. The normalized spacial score (nSPS) is 18.6. The standard InChI is InChI=1S/C12H14ClF2N/c1-11(2,12(16)5-6-12)9-8(14)4-3-7(13)10(9)15/h3-4H,5-6,16H2,1-2H3. The molecule has 1 aliphatic carbocycles. The van der Waals surface area contributed by atoms with Crippen molar-refractivity contribution in [3.8, 4) is 0 Å². The smallest absolute Gasteiger partial charge is 0.148 e. The quantitative estimate of drug-likeness (QED) is 0.795. The Morgan fingerprint density at radius 3 is 2.38 bits per heavy atom. The molecule has 0 radical (unpaired) electrons. The number of rotatable bonds is 2. The van der Waals surface area contributed by atoms with Gasteiger partial charge in [0.2, 0.25) is 0 Å². The highest BCUT2D eigenvalue weighted by molar-refractivity contribution is 6.30. The average Bonchev–Trinajstić information content (AvgIpc) is 2.92. The van der Waals surface area contributed by atoms with Gasteiger partial charge in [0.05, 0.1) is 5.02 Å². The molecule has 1 aromatic rings. The summed E-state index contributed by atoms with van der Waals surface area (Å²) in [6, 6.07) is 2.41. The summed E-state index contributed by atoms with van der Waals surface area (Å²) in [7, 11) is 0. The van der Waals surface area contributed by atoms with Crippen molar-refractivity contribution in [3.05, 3.63) is 34.4 Å². The van der Waals surface area contributed by atoms with E-state index in [9.17, 15) is 8.78 Å². The SMILES string of the molecule is CC(C)(c1c(F)ccc(Cl)c1F)C1(N)CC1. The van der Waals surface area contributed by atoms with Gasteiger partial charge in [-0.3, -0.25) is 0 Å². The number of benzene rings is 1. The summed E-state index contributed by atoms with van der Waals surface area (Å²) in [6.07, 6.45) is 1.57. The molecular weight excluding hydrogens is 232 g/mol. The van der Waals surface area contributed by atoms with Crippen LogP contribution in [0.3, 0.4) is 0 Å². The predicted molar refractivity (Wildman–Crippen MR) is 60.5 cm³/mol. The maximum atomic E-state index is 13.9. The molecule has 16 heavy (non-hydrogen) atoms. The first kappa shape index (κ1) is 11.8. The maximum absolute atomic E-state index is 13.9. The Morgan fingerprint density at radius 1 is 1.31 bits per heavy atom. The minimum Gasteiger partial charge on any atom is -0.324 e. The summed E-state index contributed by atoms with van der Waals surface area (Å²) in [5.74, 6) is -1.27. The lowest BCUT2D eigenvalue weighted by Crippen LogP contribution is -2.44. The van der Waals surface area contributed by atoms with E-state index in [1.54, 1.807) is 13.8 Å². The zero-order valence-electron chi connectivity index (χ0n) is 9.28. The van der Waals surface area contributed by atoms with E-state index >= 15 is 0 Å². The van der Waals surface area contributed by atoms with Gasteiger partial charge >= 0.3 is 0 Å². The van der Waals surface area contributed by atoms with Gasteiger partial charge in [-0.15, -0.1) is 0 Å².